The Labute approximate surface area is 63.8 Å². The van der Waals surface area contributed by atoms with Crippen molar-refractivity contribution >= 4 is 0 Å². The van der Waals surface area contributed by atoms with Crippen molar-refractivity contribution in [2.45, 2.75) is 18.9 Å². The van der Waals surface area contributed by atoms with Crippen molar-refractivity contribution in [2.24, 2.45) is 0 Å². The smallest absolute Gasteiger partial charge is 0.0936 e. The molecule has 0 aliphatic carbocycles. The zero-order chi connectivity index (χ0) is 7.61. The molecule has 10 heavy (non-hydrogen) atoms. The first-order valence-electron chi connectivity index (χ1n) is 4.12. The van der Waals surface area contributed by atoms with E-state index in [1.165, 1.54) is 25.9 Å². The van der Waals surface area contributed by atoms with Crippen LogP contribution in [0.2, 0.25) is 0 Å². The predicted octanol–water partition coefficient (Wildman–Crippen LogP) is 0.445. The lowest BCUT2D eigenvalue weighted by molar-refractivity contribution is -0.871. The van der Waals surface area contributed by atoms with Crippen LogP contribution in [-0.4, -0.2) is 44.8 Å². The Bertz CT molecular complexity index is 98.3. The minimum absolute atomic E-state index is 0.778. The quantitative estimate of drug-likeness (QED) is 0.553. The summed E-state index contributed by atoms with van der Waals surface area (Å²) in [5.41, 5.74) is 0. The number of likely N-dealkylation sites (N-methyl/N-ethyl adjacent to an activating group) is 1. The zero-order valence-electron chi connectivity index (χ0n) is 7.35. The van der Waals surface area contributed by atoms with Gasteiger partial charge in [0.25, 0.3) is 0 Å². The van der Waals surface area contributed by atoms with E-state index in [2.05, 4.69) is 26.5 Å². The standard InChI is InChI=1S/C8H19N2/c1-10(2,3)7-8-5-4-6-9-8/h8-9H,4-7H2,1-3H3/q+1/t8-/m0/s1. The molecular weight excluding hydrogens is 124 g/mol. The Kier molecular flexibility index (Phi) is 2.32. The summed E-state index contributed by atoms with van der Waals surface area (Å²) in [7, 11) is 6.75. The third-order valence-corrected chi connectivity index (χ3v) is 1.93. The van der Waals surface area contributed by atoms with Gasteiger partial charge in [-0.3, -0.25) is 0 Å². The fraction of sp³-hybridized carbons (Fsp3) is 1.00. The van der Waals surface area contributed by atoms with Crippen LogP contribution >= 0.6 is 0 Å². The van der Waals surface area contributed by atoms with Crippen LogP contribution in [-0.2, 0) is 0 Å². The normalized spacial score (nSPS) is 27.3. The lowest BCUT2D eigenvalue weighted by Gasteiger charge is -2.27. The predicted molar refractivity (Wildman–Crippen MR) is 43.9 cm³/mol. The highest BCUT2D eigenvalue weighted by atomic mass is 15.3. The van der Waals surface area contributed by atoms with Crippen molar-refractivity contribution in [3.05, 3.63) is 0 Å². The molecule has 0 saturated carbocycles. The second kappa shape index (κ2) is 2.89. The van der Waals surface area contributed by atoms with E-state index in [4.69, 9.17) is 0 Å². The molecule has 1 heterocycles. The zero-order valence-corrected chi connectivity index (χ0v) is 7.35. The maximum Gasteiger partial charge on any atom is 0.0936 e. The largest absolute Gasteiger partial charge is 0.330 e. The lowest BCUT2D eigenvalue weighted by atomic mass is 10.2. The minimum Gasteiger partial charge on any atom is -0.330 e. The summed E-state index contributed by atoms with van der Waals surface area (Å²) in [6.45, 7) is 2.49. The third kappa shape index (κ3) is 2.67. The van der Waals surface area contributed by atoms with Gasteiger partial charge in [-0.05, 0) is 19.4 Å². The molecule has 1 atom stereocenters. The Balaban J connectivity index is 2.24. The molecule has 1 saturated heterocycles. The highest BCUT2D eigenvalue weighted by molar-refractivity contribution is 4.72. The number of nitrogens with one attached hydrogen (secondary N) is 1. The first kappa shape index (κ1) is 8.02. The van der Waals surface area contributed by atoms with Gasteiger partial charge in [0.1, 0.15) is 0 Å². The Hall–Kier alpha value is -0.0800. The van der Waals surface area contributed by atoms with E-state index in [9.17, 15) is 0 Å². The molecular formula is C8H19N2+. The van der Waals surface area contributed by atoms with Crippen LogP contribution in [0.25, 0.3) is 0 Å². The fourth-order valence-electron chi connectivity index (χ4n) is 1.57. The van der Waals surface area contributed by atoms with Crippen LogP contribution in [0, 0.1) is 0 Å². The highest BCUT2D eigenvalue weighted by Crippen LogP contribution is 2.07. The molecule has 2 heteroatoms. The van der Waals surface area contributed by atoms with Gasteiger partial charge in [-0.15, -0.1) is 0 Å². The van der Waals surface area contributed by atoms with E-state index in [1.54, 1.807) is 0 Å². The molecule has 1 aliphatic rings. The fourth-order valence-corrected chi connectivity index (χ4v) is 1.57. The van der Waals surface area contributed by atoms with E-state index in [0.717, 1.165) is 10.5 Å². The van der Waals surface area contributed by atoms with Crippen molar-refractivity contribution in [3.63, 3.8) is 0 Å². The van der Waals surface area contributed by atoms with Crippen LogP contribution in [0.5, 0.6) is 0 Å². The SMILES string of the molecule is C[N+](C)(C)C[C@@H]1CCCN1. The van der Waals surface area contributed by atoms with Gasteiger partial charge >= 0.3 is 0 Å². The van der Waals surface area contributed by atoms with E-state index in [-0.39, 0.29) is 0 Å². The van der Waals surface area contributed by atoms with Crippen LogP contribution in [0.4, 0.5) is 0 Å². The second-order valence-electron chi connectivity index (χ2n) is 4.27. The molecule has 0 aromatic rings. The number of hydrogen-bond donors (Lipinski definition) is 1. The van der Waals surface area contributed by atoms with E-state index >= 15 is 0 Å². The Morgan fingerprint density at radius 1 is 1.40 bits per heavy atom. The highest BCUT2D eigenvalue weighted by Gasteiger charge is 2.20. The van der Waals surface area contributed by atoms with Crippen molar-refractivity contribution in [1.82, 2.24) is 5.32 Å². The van der Waals surface area contributed by atoms with E-state index in [0.29, 0.717) is 0 Å². The molecule has 2 nitrogen and oxygen atoms in total. The number of nitrogens with zero attached hydrogens (tertiary/aromatic N) is 1. The first-order chi connectivity index (χ1) is 4.58. The molecule has 0 spiro atoms. The van der Waals surface area contributed by atoms with E-state index in [1.807, 2.05) is 0 Å². The Morgan fingerprint density at radius 3 is 2.50 bits per heavy atom. The van der Waals surface area contributed by atoms with Gasteiger partial charge in [-0.1, -0.05) is 0 Å². The Morgan fingerprint density at radius 2 is 2.10 bits per heavy atom. The summed E-state index contributed by atoms with van der Waals surface area (Å²) in [4.78, 5) is 0. The van der Waals surface area contributed by atoms with Crippen molar-refractivity contribution in [3.8, 4) is 0 Å². The summed E-state index contributed by atoms with van der Waals surface area (Å²) in [5.74, 6) is 0. The van der Waals surface area contributed by atoms with Gasteiger partial charge < -0.3 is 9.80 Å². The topological polar surface area (TPSA) is 12.0 Å². The minimum atomic E-state index is 0.778. The lowest BCUT2D eigenvalue weighted by Crippen LogP contribution is -2.44. The second-order valence-corrected chi connectivity index (χ2v) is 4.27. The van der Waals surface area contributed by atoms with Gasteiger partial charge in [-0.25, -0.2) is 0 Å². The van der Waals surface area contributed by atoms with Gasteiger partial charge in [0, 0.05) is 0 Å². The van der Waals surface area contributed by atoms with Crippen molar-refractivity contribution in [2.75, 3.05) is 34.2 Å². The van der Waals surface area contributed by atoms with Gasteiger partial charge in [0.2, 0.25) is 0 Å². The molecule has 1 N–H and O–H groups in total. The molecule has 0 radical (unpaired) electrons. The first-order valence-corrected chi connectivity index (χ1v) is 4.12. The van der Waals surface area contributed by atoms with Gasteiger partial charge in [0.15, 0.2) is 0 Å². The summed E-state index contributed by atoms with van der Waals surface area (Å²) < 4.78 is 1.08. The van der Waals surface area contributed by atoms with Gasteiger partial charge in [0.05, 0.1) is 33.7 Å². The van der Waals surface area contributed by atoms with Crippen LogP contribution in [0.3, 0.4) is 0 Å². The molecule has 0 aromatic heterocycles. The molecule has 1 fully saturated rings. The summed E-state index contributed by atoms with van der Waals surface area (Å²) >= 11 is 0. The molecule has 1 aliphatic heterocycles. The summed E-state index contributed by atoms with van der Waals surface area (Å²) in [6.07, 6.45) is 2.74. The molecule has 0 unspecified atom stereocenters. The van der Waals surface area contributed by atoms with E-state index < -0.39 is 0 Å². The van der Waals surface area contributed by atoms with Crippen LogP contribution < -0.4 is 5.32 Å². The summed E-state index contributed by atoms with van der Waals surface area (Å²) in [5, 5.41) is 3.50. The average Bonchev–Trinajstić information content (AvgIpc) is 2.12. The molecule has 0 amide bonds. The van der Waals surface area contributed by atoms with Crippen LogP contribution in [0.15, 0.2) is 0 Å². The average molecular weight is 143 g/mol. The number of quaternary nitrogens is 1. The maximum atomic E-state index is 3.50. The third-order valence-electron chi connectivity index (χ3n) is 1.93. The van der Waals surface area contributed by atoms with Crippen molar-refractivity contribution < 1.29 is 4.48 Å². The maximum absolute atomic E-state index is 3.50. The monoisotopic (exact) mass is 143 g/mol. The molecule has 1 rings (SSSR count). The summed E-state index contributed by atoms with van der Waals surface area (Å²) in [6, 6.07) is 0.778. The molecule has 0 bridgehead atoms. The molecule has 60 valence electrons. The van der Waals surface area contributed by atoms with Crippen molar-refractivity contribution in [1.29, 1.82) is 0 Å². The number of rotatable bonds is 2. The number of hydrogen-bond acceptors (Lipinski definition) is 1. The van der Waals surface area contributed by atoms with Gasteiger partial charge in [-0.2, -0.15) is 0 Å². The molecule has 0 aromatic carbocycles. The van der Waals surface area contributed by atoms with Crippen LogP contribution in [0.1, 0.15) is 12.8 Å².